The smallest absolute Gasteiger partial charge is 0.180 e. The first-order valence-corrected chi connectivity index (χ1v) is 3.97. The van der Waals surface area contributed by atoms with Gasteiger partial charge in [0.2, 0.25) is 0 Å². The van der Waals surface area contributed by atoms with Crippen molar-refractivity contribution in [2.75, 3.05) is 0 Å². The van der Waals surface area contributed by atoms with E-state index in [-0.39, 0.29) is 5.78 Å². The minimum atomic E-state index is -0.117. The second kappa shape index (κ2) is 2.92. The van der Waals surface area contributed by atoms with Gasteiger partial charge in [0.05, 0.1) is 11.8 Å². The predicted octanol–water partition coefficient (Wildman–Crippen LogP) is 0.804. The van der Waals surface area contributed by atoms with Gasteiger partial charge in [-0.05, 0) is 0 Å². The summed E-state index contributed by atoms with van der Waals surface area (Å²) in [5.74, 6) is -0.117. The van der Waals surface area contributed by atoms with E-state index in [2.05, 4.69) is 10.1 Å². The van der Waals surface area contributed by atoms with Gasteiger partial charge in [0.15, 0.2) is 11.4 Å². The topological polar surface area (TPSA) is 71.0 Å². The van der Waals surface area contributed by atoms with Crippen molar-refractivity contribution in [1.82, 2.24) is 14.6 Å². The molecule has 0 N–H and O–H groups in total. The van der Waals surface area contributed by atoms with Crippen LogP contribution in [0.4, 0.5) is 0 Å². The number of hydrogen-bond acceptors (Lipinski definition) is 4. The average Bonchev–Trinajstić information content (AvgIpc) is 2.59. The standard InChI is InChI=1S/C9H6N4O/c1-6(14)8-2-9-11-4-7(3-10)5-13(9)12-8/h2,4-5H,1H3. The third-order valence-corrected chi connectivity index (χ3v) is 1.80. The van der Waals surface area contributed by atoms with Crippen LogP contribution in [0.2, 0.25) is 0 Å². The van der Waals surface area contributed by atoms with Gasteiger partial charge < -0.3 is 0 Å². The second-order valence-electron chi connectivity index (χ2n) is 2.84. The number of rotatable bonds is 1. The van der Waals surface area contributed by atoms with Gasteiger partial charge in [-0.25, -0.2) is 9.50 Å². The van der Waals surface area contributed by atoms with Crippen LogP contribution in [-0.2, 0) is 0 Å². The number of carbonyl (C=O) groups excluding carboxylic acids is 1. The molecule has 2 aromatic rings. The third kappa shape index (κ3) is 1.23. The Hall–Kier alpha value is -2.22. The summed E-state index contributed by atoms with van der Waals surface area (Å²) in [4.78, 5) is 15.0. The first-order chi connectivity index (χ1) is 6.70. The van der Waals surface area contributed by atoms with Crippen LogP contribution in [0.3, 0.4) is 0 Å². The average molecular weight is 186 g/mol. The van der Waals surface area contributed by atoms with Crippen LogP contribution in [0.1, 0.15) is 23.0 Å². The number of nitrogens with zero attached hydrogens (tertiary/aromatic N) is 4. The first-order valence-electron chi connectivity index (χ1n) is 3.97. The van der Waals surface area contributed by atoms with Crippen molar-refractivity contribution < 1.29 is 4.79 Å². The Kier molecular flexibility index (Phi) is 1.75. The fraction of sp³-hybridized carbons (Fsp3) is 0.111. The normalized spacial score (nSPS) is 10.0. The van der Waals surface area contributed by atoms with Crippen LogP contribution in [0.5, 0.6) is 0 Å². The van der Waals surface area contributed by atoms with Crippen LogP contribution in [0.25, 0.3) is 5.65 Å². The molecule has 0 atom stereocenters. The zero-order valence-electron chi connectivity index (χ0n) is 7.43. The van der Waals surface area contributed by atoms with E-state index in [9.17, 15) is 4.79 Å². The summed E-state index contributed by atoms with van der Waals surface area (Å²) in [6.07, 6.45) is 2.98. The third-order valence-electron chi connectivity index (χ3n) is 1.80. The van der Waals surface area contributed by atoms with E-state index < -0.39 is 0 Å². The molecule has 0 aromatic carbocycles. The fourth-order valence-electron chi connectivity index (χ4n) is 1.11. The zero-order chi connectivity index (χ0) is 10.1. The van der Waals surface area contributed by atoms with Crippen molar-refractivity contribution in [2.45, 2.75) is 6.92 Å². The highest BCUT2D eigenvalue weighted by Gasteiger charge is 2.06. The maximum absolute atomic E-state index is 11.0. The Bertz CT molecular complexity index is 549. The van der Waals surface area contributed by atoms with Crippen molar-refractivity contribution in [2.24, 2.45) is 0 Å². The van der Waals surface area contributed by atoms with Gasteiger partial charge in [0.25, 0.3) is 0 Å². The van der Waals surface area contributed by atoms with Crippen LogP contribution >= 0.6 is 0 Å². The lowest BCUT2D eigenvalue weighted by atomic mass is 10.3. The molecule has 5 heteroatoms. The van der Waals surface area contributed by atoms with Gasteiger partial charge in [-0.1, -0.05) is 0 Å². The van der Waals surface area contributed by atoms with Gasteiger partial charge in [0, 0.05) is 19.2 Å². The molecule has 0 unspecified atom stereocenters. The van der Waals surface area contributed by atoms with Crippen molar-refractivity contribution >= 4 is 11.4 Å². The van der Waals surface area contributed by atoms with E-state index in [0.29, 0.717) is 16.9 Å². The van der Waals surface area contributed by atoms with Crippen molar-refractivity contribution in [1.29, 1.82) is 5.26 Å². The second-order valence-corrected chi connectivity index (χ2v) is 2.84. The molecule has 0 fully saturated rings. The van der Waals surface area contributed by atoms with E-state index in [4.69, 9.17) is 5.26 Å². The Balaban J connectivity index is 2.67. The minimum absolute atomic E-state index is 0.117. The van der Waals surface area contributed by atoms with E-state index in [1.807, 2.05) is 6.07 Å². The largest absolute Gasteiger partial charge is 0.293 e. The summed E-state index contributed by atoms with van der Waals surface area (Å²) in [6.45, 7) is 1.44. The Morgan fingerprint density at radius 3 is 3.07 bits per heavy atom. The van der Waals surface area contributed by atoms with E-state index >= 15 is 0 Å². The van der Waals surface area contributed by atoms with Gasteiger partial charge in [0.1, 0.15) is 11.8 Å². The van der Waals surface area contributed by atoms with Crippen molar-refractivity contribution in [3.05, 3.63) is 29.7 Å². The molecule has 0 saturated heterocycles. The molecule has 0 saturated carbocycles. The number of ketones is 1. The number of Topliss-reactive ketones (excluding diaryl/α,β-unsaturated/α-hetero) is 1. The molecule has 0 spiro atoms. The Morgan fingerprint density at radius 1 is 1.64 bits per heavy atom. The van der Waals surface area contributed by atoms with Gasteiger partial charge >= 0.3 is 0 Å². The number of carbonyl (C=O) groups is 1. The summed E-state index contributed by atoms with van der Waals surface area (Å²) in [5, 5.41) is 12.6. The van der Waals surface area contributed by atoms with E-state index in [1.54, 1.807) is 6.07 Å². The van der Waals surface area contributed by atoms with Crippen LogP contribution in [0, 0.1) is 11.3 Å². The highest BCUT2D eigenvalue weighted by molar-refractivity contribution is 5.93. The van der Waals surface area contributed by atoms with Gasteiger partial charge in [-0.15, -0.1) is 0 Å². The molecule has 14 heavy (non-hydrogen) atoms. The molecule has 0 amide bonds. The summed E-state index contributed by atoms with van der Waals surface area (Å²) >= 11 is 0. The molecule has 0 aliphatic heterocycles. The lowest BCUT2D eigenvalue weighted by Gasteiger charge is -1.90. The van der Waals surface area contributed by atoms with Crippen molar-refractivity contribution in [3.8, 4) is 6.07 Å². The summed E-state index contributed by atoms with van der Waals surface area (Å²) in [6, 6.07) is 3.54. The van der Waals surface area contributed by atoms with Crippen LogP contribution < -0.4 is 0 Å². The molecule has 0 radical (unpaired) electrons. The molecule has 5 nitrogen and oxygen atoms in total. The fourth-order valence-corrected chi connectivity index (χ4v) is 1.11. The Labute approximate surface area is 79.6 Å². The summed E-state index contributed by atoms with van der Waals surface area (Å²) in [5.41, 5.74) is 1.33. The quantitative estimate of drug-likeness (QED) is 0.617. The summed E-state index contributed by atoms with van der Waals surface area (Å²) < 4.78 is 1.43. The highest BCUT2D eigenvalue weighted by atomic mass is 16.1. The number of hydrogen-bond donors (Lipinski definition) is 0. The predicted molar refractivity (Wildman–Crippen MR) is 47.7 cm³/mol. The van der Waals surface area contributed by atoms with Crippen LogP contribution in [0.15, 0.2) is 18.5 Å². The zero-order valence-corrected chi connectivity index (χ0v) is 7.43. The molecule has 0 bridgehead atoms. The lowest BCUT2D eigenvalue weighted by molar-refractivity contribution is 0.101. The first kappa shape index (κ1) is 8.38. The highest BCUT2D eigenvalue weighted by Crippen LogP contribution is 2.05. The molecule has 0 aliphatic rings. The Morgan fingerprint density at radius 2 is 2.43 bits per heavy atom. The van der Waals surface area contributed by atoms with E-state index in [1.165, 1.54) is 23.8 Å². The maximum Gasteiger partial charge on any atom is 0.180 e. The molecule has 2 aromatic heterocycles. The lowest BCUT2D eigenvalue weighted by Crippen LogP contribution is -1.94. The number of nitriles is 1. The van der Waals surface area contributed by atoms with E-state index in [0.717, 1.165) is 0 Å². The molecule has 2 rings (SSSR count). The SMILES string of the molecule is CC(=O)c1cc2ncc(C#N)cn2n1. The minimum Gasteiger partial charge on any atom is -0.293 e. The maximum atomic E-state index is 11.0. The number of fused-ring (bicyclic) bond motifs is 1. The molecule has 0 aliphatic carbocycles. The van der Waals surface area contributed by atoms with Gasteiger partial charge in [-0.2, -0.15) is 10.4 Å². The van der Waals surface area contributed by atoms with Crippen molar-refractivity contribution in [3.63, 3.8) is 0 Å². The molecular formula is C9H6N4O. The van der Waals surface area contributed by atoms with Gasteiger partial charge in [-0.3, -0.25) is 4.79 Å². The molecule has 2 heterocycles. The summed E-state index contributed by atoms with van der Waals surface area (Å²) in [7, 11) is 0. The monoisotopic (exact) mass is 186 g/mol. The number of aromatic nitrogens is 3. The van der Waals surface area contributed by atoms with Crippen LogP contribution in [-0.4, -0.2) is 20.4 Å². The molecular weight excluding hydrogens is 180 g/mol. The molecule has 68 valence electrons.